The van der Waals surface area contributed by atoms with Gasteiger partial charge in [0.05, 0.1) is 13.2 Å². The normalized spacial score (nSPS) is 12.6. The van der Waals surface area contributed by atoms with Crippen LogP contribution >= 0.6 is 0 Å². The molecule has 0 bridgehead atoms. The van der Waals surface area contributed by atoms with Crippen molar-refractivity contribution in [3.05, 3.63) is 28.8 Å². The van der Waals surface area contributed by atoms with Gasteiger partial charge in [-0.15, -0.1) is 0 Å². The molecule has 3 nitrogen and oxygen atoms in total. The zero-order chi connectivity index (χ0) is 12.1. The first-order valence-corrected chi connectivity index (χ1v) is 5.64. The molecule has 0 spiro atoms. The Hall–Kier alpha value is -1.06. The molecule has 0 aliphatic rings. The van der Waals surface area contributed by atoms with E-state index in [9.17, 15) is 5.11 Å². The minimum Gasteiger partial charge on any atom is -0.497 e. The number of likely N-dealkylation sites (N-methyl/N-ethyl adjacent to an activating group) is 1. The molecule has 0 heterocycles. The molecule has 0 saturated carbocycles. The van der Waals surface area contributed by atoms with Gasteiger partial charge < -0.3 is 15.2 Å². The lowest BCUT2D eigenvalue weighted by Gasteiger charge is -2.18. The third-order valence-electron chi connectivity index (χ3n) is 2.72. The number of aliphatic hydroxyl groups is 1. The van der Waals surface area contributed by atoms with Gasteiger partial charge in [-0.2, -0.15) is 0 Å². The predicted octanol–water partition coefficient (Wildman–Crippen LogP) is 1.95. The van der Waals surface area contributed by atoms with Crippen LogP contribution in [0.2, 0.25) is 0 Å². The number of hydrogen-bond acceptors (Lipinski definition) is 3. The zero-order valence-corrected chi connectivity index (χ0v) is 10.5. The second-order valence-corrected chi connectivity index (χ2v) is 4.00. The highest BCUT2D eigenvalue weighted by Crippen LogP contribution is 2.26. The molecule has 3 heteroatoms. The second kappa shape index (κ2) is 5.87. The van der Waals surface area contributed by atoms with E-state index < -0.39 is 6.10 Å². The topological polar surface area (TPSA) is 41.5 Å². The summed E-state index contributed by atoms with van der Waals surface area (Å²) in [7, 11) is 1.66. The first-order valence-electron chi connectivity index (χ1n) is 5.64. The Kier molecular flexibility index (Phi) is 4.77. The summed E-state index contributed by atoms with van der Waals surface area (Å²) in [5, 5.41) is 13.2. The maximum absolute atomic E-state index is 10.1. The highest BCUT2D eigenvalue weighted by molar-refractivity contribution is 5.42. The van der Waals surface area contributed by atoms with Crippen LogP contribution in [0.1, 0.15) is 29.7 Å². The predicted molar refractivity (Wildman–Crippen MR) is 66.0 cm³/mol. The molecule has 1 aromatic carbocycles. The quantitative estimate of drug-likeness (QED) is 0.801. The molecule has 1 unspecified atom stereocenters. The van der Waals surface area contributed by atoms with Crippen LogP contribution < -0.4 is 10.1 Å². The summed E-state index contributed by atoms with van der Waals surface area (Å²) in [5.74, 6) is 0.842. The minimum atomic E-state index is -0.453. The molecule has 2 N–H and O–H groups in total. The van der Waals surface area contributed by atoms with E-state index in [1.165, 1.54) is 0 Å². The van der Waals surface area contributed by atoms with E-state index in [4.69, 9.17) is 4.74 Å². The molecular formula is C13H21NO2. The van der Waals surface area contributed by atoms with Crippen LogP contribution in [0, 0.1) is 13.8 Å². The van der Waals surface area contributed by atoms with E-state index in [0.29, 0.717) is 6.54 Å². The largest absolute Gasteiger partial charge is 0.497 e. The molecule has 90 valence electrons. The summed E-state index contributed by atoms with van der Waals surface area (Å²) in [4.78, 5) is 0. The van der Waals surface area contributed by atoms with Crippen molar-refractivity contribution in [1.82, 2.24) is 5.32 Å². The molecule has 1 atom stereocenters. The number of methoxy groups -OCH3 is 1. The van der Waals surface area contributed by atoms with E-state index in [-0.39, 0.29) is 0 Å². The lowest BCUT2D eigenvalue weighted by Crippen LogP contribution is -2.22. The average Bonchev–Trinajstić information content (AvgIpc) is 2.25. The fourth-order valence-corrected chi connectivity index (χ4v) is 1.96. The van der Waals surface area contributed by atoms with E-state index >= 15 is 0 Å². The average molecular weight is 223 g/mol. The summed E-state index contributed by atoms with van der Waals surface area (Å²) in [6.45, 7) is 7.48. The van der Waals surface area contributed by atoms with Crippen molar-refractivity contribution in [3.8, 4) is 5.75 Å². The Labute approximate surface area is 97.4 Å². The van der Waals surface area contributed by atoms with Crippen molar-refractivity contribution in [3.63, 3.8) is 0 Å². The summed E-state index contributed by atoms with van der Waals surface area (Å²) in [5.41, 5.74) is 3.14. The van der Waals surface area contributed by atoms with Crippen LogP contribution in [0.25, 0.3) is 0 Å². The van der Waals surface area contributed by atoms with Crippen LogP contribution in [-0.2, 0) is 0 Å². The van der Waals surface area contributed by atoms with Gasteiger partial charge >= 0.3 is 0 Å². The Bertz CT molecular complexity index is 327. The molecule has 16 heavy (non-hydrogen) atoms. The minimum absolute atomic E-state index is 0.453. The molecule has 0 radical (unpaired) electrons. The van der Waals surface area contributed by atoms with Gasteiger partial charge in [0.25, 0.3) is 0 Å². The first kappa shape index (κ1) is 13.0. The summed E-state index contributed by atoms with van der Waals surface area (Å²) < 4.78 is 5.19. The Morgan fingerprint density at radius 1 is 1.31 bits per heavy atom. The van der Waals surface area contributed by atoms with Gasteiger partial charge in [0.2, 0.25) is 0 Å². The molecule has 0 saturated heterocycles. The van der Waals surface area contributed by atoms with Crippen molar-refractivity contribution in [1.29, 1.82) is 0 Å². The maximum Gasteiger partial charge on any atom is 0.119 e. The van der Waals surface area contributed by atoms with Gasteiger partial charge in [0.15, 0.2) is 0 Å². The standard InChI is InChI=1S/C13H21NO2/c1-5-14-8-12(15)13-9(2)6-11(16-4)7-10(13)3/h6-7,12,14-15H,5,8H2,1-4H3. The highest BCUT2D eigenvalue weighted by atomic mass is 16.5. The Balaban J connectivity index is 2.95. The first-order chi connectivity index (χ1) is 7.60. The second-order valence-electron chi connectivity index (χ2n) is 4.00. The van der Waals surface area contributed by atoms with E-state index in [1.54, 1.807) is 7.11 Å². The van der Waals surface area contributed by atoms with Crippen LogP contribution in [0.3, 0.4) is 0 Å². The van der Waals surface area contributed by atoms with Gasteiger partial charge in [-0.05, 0) is 49.2 Å². The number of rotatable bonds is 5. The summed E-state index contributed by atoms with van der Waals surface area (Å²) in [6, 6.07) is 3.91. The number of benzene rings is 1. The Morgan fingerprint density at radius 2 is 1.88 bits per heavy atom. The third-order valence-corrected chi connectivity index (χ3v) is 2.72. The highest BCUT2D eigenvalue weighted by Gasteiger charge is 2.13. The van der Waals surface area contributed by atoms with Gasteiger partial charge in [0.1, 0.15) is 5.75 Å². The third kappa shape index (κ3) is 2.97. The number of hydrogen-bond donors (Lipinski definition) is 2. The summed E-state index contributed by atoms with van der Waals surface area (Å²) in [6.07, 6.45) is -0.453. The van der Waals surface area contributed by atoms with Gasteiger partial charge in [-0.25, -0.2) is 0 Å². The van der Waals surface area contributed by atoms with E-state index in [1.807, 2.05) is 32.9 Å². The van der Waals surface area contributed by atoms with E-state index in [2.05, 4.69) is 5.32 Å². The Morgan fingerprint density at radius 3 is 2.31 bits per heavy atom. The number of aryl methyl sites for hydroxylation is 2. The van der Waals surface area contributed by atoms with Crippen LogP contribution in [0.15, 0.2) is 12.1 Å². The van der Waals surface area contributed by atoms with Crippen molar-refractivity contribution in [2.24, 2.45) is 0 Å². The lowest BCUT2D eigenvalue weighted by atomic mass is 9.97. The van der Waals surface area contributed by atoms with Crippen molar-refractivity contribution in [2.45, 2.75) is 26.9 Å². The van der Waals surface area contributed by atoms with Crippen molar-refractivity contribution >= 4 is 0 Å². The van der Waals surface area contributed by atoms with E-state index in [0.717, 1.165) is 29.0 Å². The fraction of sp³-hybridized carbons (Fsp3) is 0.538. The smallest absolute Gasteiger partial charge is 0.119 e. The molecular weight excluding hydrogens is 202 g/mol. The van der Waals surface area contributed by atoms with Crippen LogP contribution in [-0.4, -0.2) is 25.3 Å². The molecule has 1 rings (SSSR count). The van der Waals surface area contributed by atoms with Gasteiger partial charge in [-0.1, -0.05) is 6.92 Å². The SMILES string of the molecule is CCNCC(O)c1c(C)cc(OC)cc1C. The molecule has 0 aromatic heterocycles. The fourth-order valence-electron chi connectivity index (χ4n) is 1.96. The number of nitrogens with one attached hydrogen (secondary N) is 1. The molecule has 0 fully saturated rings. The molecule has 0 amide bonds. The molecule has 0 aliphatic heterocycles. The maximum atomic E-state index is 10.1. The molecule has 1 aromatic rings. The zero-order valence-electron chi connectivity index (χ0n) is 10.5. The van der Waals surface area contributed by atoms with Gasteiger partial charge in [0, 0.05) is 6.54 Å². The number of aliphatic hydroxyl groups excluding tert-OH is 1. The van der Waals surface area contributed by atoms with Crippen LogP contribution in [0.4, 0.5) is 0 Å². The van der Waals surface area contributed by atoms with Crippen molar-refractivity contribution < 1.29 is 9.84 Å². The van der Waals surface area contributed by atoms with Crippen LogP contribution in [0.5, 0.6) is 5.75 Å². The van der Waals surface area contributed by atoms with Gasteiger partial charge in [-0.3, -0.25) is 0 Å². The molecule has 0 aliphatic carbocycles. The number of ether oxygens (including phenoxy) is 1. The lowest BCUT2D eigenvalue weighted by molar-refractivity contribution is 0.174. The monoisotopic (exact) mass is 223 g/mol. The van der Waals surface area contributed by atoms with Crippen molar-refractivity contribution in [2.75, 3.05) is 20.2 Å². The summed E-state index contributed by atoms with van der Waals surface area (Å²) >= 11 is 0.